The quantitative estimate of drug-likeness (QED) is 0.421. The zero-order valence-electron chi connectivity index (χ0n) is 14.6. The van der Waals surface area contributed by atoms with E-state index in [1.54, 1.807) is 0 Å². The van der Waals surface area contributed by atoms with Crippen LogP contribution in [0.1, 0.15) is 11.7 Å². The number of fused-ring (bicyclic) bond motifs is 4. The molecular formula is C23H18O4. The van der Waals surface area contributed by atoms with Crippen LogP contribution in [0.4, 0.5) is 0 Å². The third kappa shape index (κ3) is 2.53. The summed E-state index contributed by atoms with van der Waals surface area (Å²) in [5.41, 5.74) is 0.736. The zero-order valence-corrected chi connectivity index (χ0v) is 14.6. The van der Waals surface area contributed by atoms with Gasteiger partial charge in [0.05, 0.1) is 0 Å². The second kappa shape index (κ2) is 6.27. The van der Waals surface area contributed by atoms with Crippen LogP contribution < -0.4 is 0 Å². The van der Waals surface area contributed by atoms with Crippen LogP contribution in [0.25, 0.3) is 32.3 Å². The summed E-state index contributed by atoms with van der Waals surface area (Å²) < 4.78 is 10.7. The smallest absolute Gasteiger partial charge is 0.230 e. The van der Waals surface area contributed by atoms with E-state index < -0.39 is 6.10 Å². The lowest BCUT2D eigenvalue weighted by Crippen LogP contribution is -2.06. The van der Waals surface area contributed by atoms with Gasteiger partial charge in [0.1, 0.15) is 12.7 Å². The first-order chi connectivity index (χ1) is 13.3. The van der Waals surface area contributed by atoms with Crippen molar-refractivity contribution >= 4 is 32.3 Å². The first-order valence-electron chi connectivity index (χ1n) is 8.88. The fourth-order valence-corrected chi connectivity index (χ4v) is 3.87. The maximum atomic E-state index is 11.0. The van der Waals surface area contributed by atoms with Crippen LogP contribution in [0.3, 0.4) is 0 Å². The highest BCUT2D eigenvalue weighted by atomic mass is 16.7. The first-order valence-corrected chi connectivity index (χ1v) is 8.88. The number of rotatable bonds is 3. The molecular weight excluding hydrogens is 340 g/mol. The molecule has 4 heteroatoms. The third-order valence-corrected chi connectivity index (χ3v) is 5.17. The minimum Gasteiger partial charge on any atom is -0.456 e. The Hall–Kier alpha value is -3.08. The minimum absolute atomic E-state index is 0.0123. The summed E-state index contributed by atoms with van der Waals surface area (Å²) in [5, 5.41) is 27.0. The van der Waals surface area contributed by atoms with Gasteiger partial charge in [0.2, 0.25) is 6.79 Å². The molecule has 0 radical (unpaired) electrons. The van der Waals surface area contributed by atoms with Crippen LogP contribution in [-0.4, -0.2) is 23.6 Å². The van der Waals surface area contributed by atoms with Gasteiger partial charge in [-0.05, 0) is 50.0 Å². The van der Waals surface area contributed by atoms with Crippen molar-refractivity contribution in [3.05, 3.63) is 83.8 Å². The Kier molecular flexibility index (Phi) is 3.74. The van der Waals surface area contributed by atoms with Crippen molar-refractivity contribution < 1.29 is 19.7 Å². The molecule has 0 bridgehead atoms. The van der Waals surface area contributed by atoms with Gasteiger partial charge in [0.15, 0.2) is 11.5 Å². The van der Waals surface area contributed by atoms with Crippen molar-refractivity contribution in [2.24, 2.45) is 0 Å². The lowest BCUT2D eigenvalue weighted by atomic mass is 9.92. The Morgan fingerprint density at radius 2 is 1.56 bits per heavy atom. The van der Waals surface area contributed by atoms with Gasteiger partial charge in [0.25, 0.3) is 0 Å². The van der Waals surface area contributed by atoms with E-state index in [1.165, 1.54) is 5.39 Å². The van der Waals surface area contributed by atoms with E-state index >= 15 is 0 Å². The second-order valence-corrected chi connectivity index (χ2v) is 6.69. The maximum Gasteiger partial charge on any atom is 0.230 e. The second-order valence-electron chi connectivity index (χ2n) is 6.69. The monoisotopic (exact) mass is 358 g/mol. The average molecular weight is 358 g/mol. The van der Waals surface area contributed by atoms with Crippen molar-refractivity contribution in [2.75, 3.05) is 13.4 Å². The van der Waals surface area contributed by atoms with Crippen molar-refractivity contribution in [3.63, 3.8) is 0 Å². The lowest BCUT2D eigenvalue weighted by molar-refractivity contribution is 0.0415. The molecule has 4 aromatic carbocycles. The van der Waals surface area contributed by atoms with Gasteiger partial charge in [-0.3, -0.25) is 0 Å². The normalized spacial score (nSPS) is 15.3. The molecule has 2 N–H and O–H groups in total. The molecule has 0 saturated carbocycles. The molecule has 134 valence electrons. The van der Waals surface area contributed by atoms with Gasteiger partial charge in [-0.15, -0.1) is 0 Å². The molecule has 0 amide bonds. The van der Waals surface area contributed by atoms with Gasteiger partial charge in [-0.2, -0.15) is 0 Å². The zero-order chi connectivity index (χ0) is 18.4. The Morgan fingerprint density at radius 3 is 2.37 bits per heavy atom. The van der Waals surface area contributed by atoms with Crippen molar-refractivity contribution in [1.29, 1.82) is 0 Å². The van der Waals surface area contributed by atoms with Crippen LogP contribution in [0, 0.1) is 0 Å². The summed E-state index contributed by atoms with van der Waals surface area (Å²) in [6, 6.07) is 22.6. The number of ether oxygens (including phenoxy) is 2. The molecule has 0 saturated heterocycles. The first kappa shape index (κ1) is 16.1. The van der Waals surface area contributed by atoms with E-state index in [4.69, 9.17) is 9.47 Å². The number of hydrogen-bond donors (Lipinski definition) is 2. The summed E-state index contributed by atoms with van der Waals surface area (Å²) in [6.07, 6.45) is -1.00. The summed E-state index contributed by atoms with van der Waals surface area (Å²) in [4.78, 5) is 0. The molecule has 1 atom stereocenters. The predicted octanol–water partition coefficient (Wildman–Crippen LogP) is 4.39. The van der Waals surface area contributed by atoms with Crippen LogP contribution in [0.2, 0.25) is 0 Å². The van der Waals surface area contributed by atoms with Crippen LogP contribution in [0.15, 0.2) is 78.2 Å². The largest absolute Gasteiger partial charge is 0.456 e. The van der Waals surface area contributed by atoms with Gasteiger partial charge in [-0.1, -0.05) is 54.6 Å². The maximum absolute atomic E-state index is 11.0. The molecule has 5 rings (SSSR count). The Labute approximate surface area is 155 Å². The van der Waals surface area contributed by atoms with E-state index in [9.17, 15) is 10.2 Å². The highest BCUT2D eigenvalue weighted by Crippen LogP contribution is 2.37. The molecule has 1 unspecified atom stereocenters. The van der Waals surface area contributed by atoms with Crippen molar-refractivity contribution in [2.45, 2.75) is 6.10 Å². The van der Waals surface area contributed by atoms with E-state index in [-0.39, 0.29) is 24.9 Å². The summed E-state index contributed by atoms with van der Waals surface area (Å²) >= 11 is 0. The summed E-state index contributed by atoms with van der Waals surface area (Å²) in [6.45, 7) is -0.291. The fraction of sp³-hybridized carbons (Fsp3) is 0.130. The molecule has 0 aromatic heterocycles. The number of hydrogen-bond acceptors (Lipinski definition) is 4. The molecule has 1 heterocycles. The topological polar surface area (TPSA) is 58.9 Å². The Balaban J connectivity index is 1.82. The summed E-state index contributed by atoms with van der Waals surface area (Å²) in [5.74, 6) is 0.563. The van der Waals surface area contributed by atoms with Crippen molar-refractivity contribution in [3.8, 4) is 0 Å². The van der Waals surface area contributed by atoms with E-state index in [0.29, 0.717) is 0 Å². The highest BCUT2D eigenvalue weighted by molar-refractivity contribution is 6.13. The van der Waals surface area contributed by atoms with E-state index in [0.717, 1.165) is 32.5 Å². The molecule has 1 aliphatic heterocycles. The number of aliphatic hydroxyl groups is 2. The molecule has 1 aliphatic rings. The van der Waals surface area contributed by atoms with Gasteiger partial charge >= 0.3 is 0 Å². The van der Waals surface area contributed by atoms with E-state index in [2.05, 4.69) is 36.4 Å². The molecule has 0 fully saturated rings. The van der Waals surface area contributed by atoms with Crippen LogP contribution in [-0.2, 0) is 9.47 Å². The van der Waals surface area contributed by atoms with Gasteiger partial charge < -0.3 is 19.7 Å². The number of aliphatic hydroxyl groups excluding tert-OH is 2. The Morgan fingerprint density at radius 1 is 0.815 bits per heavy atom. The minimum atomic E-state index is -1.00. The lowest BCUT2D eigenvalue weighted by Gasteiger charge is -2.16. The van der Waals surface area contributed by atoms with E-state index in [1.807, 2.05) is 30.3 Å². The number of benzene rings is 4. The Bertz CT molecular complexity index is 1210. The molecule has 27 heavy (non-hydrogen) atoms. The standard InChI is InChI=1S/C23H18O4/c24-12-20-23(27-13-26-20)22(25)18-7-3-6-14-8-9-17-10-15-4-1-2-5-16(15)11-19(17)21(14)18/h1-11,22,24-25H,12-13H2. The predicted molar refractivity (Wildman–Crippen MR) is 105 cm³/mol. The highest BCUT2D eigenvalue weighted by Gasteiger charge is 2.27. The molecule has 0 spiro atoms. The molecule has 0 aliphatic carbocycles. The van der Waals surface area contributed by atoms with Crippen LogP contribution >= 0.6 is 0 Å². The van der Waals surface area contributed by atoms with Crippen LogP contribution in [0.5, 0.6) is 0 Å². The van der Waals surface area contributed by atoms with Gasteiger partial charge in [-0.25, -0.2) is 0 Å². The SMILES string of the molecule is OCC1=C(C(O)c2cccc3ccc4cc5ccccc5cc4c23)OCO1. The van der Waals surface area contributed by atoms with Gasteiger partial charge in [0, 0.05) is 0 Å². The molecule has 4 nitrogen and oxygen atoms in total. The van der Waals surface area contributed by atoms with Crippen molar-refractivity contribution in [1.82, 2.24) is 0 Å². The summed E-state index contributed by atoms with van der Waals surface area (Å²) in [7, 11) is 0. The average Bonchev–Trinajstić information content (AvgIpc) is 3.20. The third-order valence-electron chi connectivity index (χ3n) is 5.17. The fourth-order valence-electron chi connectivity index (χ4n) is 3.87. The molecule has 4 aromatic rings.